The third kappa shape index (κ3) is 5.27. The van der Waals surface area contributed by atoms with E-state index in [0.29, 0.717) is 11.7 Å². The van der Waals surface area contributed by atoms with Crippen molar-refractivity contribution in [2.75, 3.05) is 6.61 Å². The highest BCUT2D eigenvalue weighted by Gasteiger charge is 2.27. The second-order valence-corrected chi connectivity index (χ2v) is 6.38. The van der Waals surface area contributed by atoms with Crippen molar-refractivity contribution in [3.05, 3.63) is 29.3 Å². The Morgan fingerprint density at radius 1 is 1.26 bits per heavy atom. The van der Waals surface area contributed by atoms with Crippen LogP contribution >= 0.6 is 0 Å². The van der Waals surface area contributed by atoms with E-state index in [1.807, 2.05) is 25.1 Å². The molecule has 1 amide bonds. The van der Waals surface area contributed by atoms with Gasteiger partial charge in [0.15, 0.2) is 12.7 Å². The van der Waals surface area contributed by atoms with Gasteiger partial charge in [-0.2, -0.15) is 0 Å². The van der Waals surface area contributed by atoms with Crippen LogP contribution in [-0.4, -0.2) is 30.6 Å². The molecule has 0 bridgehead atoms. The lowest BCUT2D eigenvalue weighted by Crippen LogP contribution is -2.37. The Bertz CT molecular complexity index is 578. The molecule has 0 unspecified atom stereocenters. The van der Waals surface area contributed by atoms with E-state index in [4.69, 9.17) is 9.47 Å². The maximum atomic E-state index is 11.8. The van der Waals surface area contributed by atoms with Crippen LogP contribution in [0.1, 0.15) is 50.7 Å². The van der Waals surface area contributed by atoms with Crippen LogP contribution in [0.3, 0.4) is 0 Å². The Labute approximate surface area is 137 Å². The lowest BCUT2D eigenvalue weighted by atomic mass is 9.98. The molecule has 0 saturated heterocycles. The number of aryl methyl sites for hydroxylation is 1. The fourth-order valence-electron chi connectivity index (χ4n) is 2.36. The summed E-state index contributed by atoms with van der Waals surface area (Å²) < 4.78 is 10.5. The van der Waals surface area contributed by atoms with Gasteiger partial charge in [0.05, 0.1) is 0 Å². The van der Waals surface area contributed by atoms with Gasteiger partial charge < -0.3 is 14.8 Å². The highest BCUT2D eigenvalue weighted by Crippen LogP contribution is 2.23. The Hall–Kier alpha value is -2.04. The molecular formula is C18H25NO4. The van der Waals surface area contributed by atoms with E-state index >= 15 is 0 Å². The molecule has 1 aromatic carbocycles. The smallest absolute Gasteiger partial charge is 0.344 e. The summed E-state index contributed by atoms with van der Waals surface area (Å²) in [4.78, 5) is 23.5. The molecule has 1 fully saturated rings. The van der Waals surface area contributed by atoms with Crippen LogP contribution in [0.4, 0.5) is 0 Å². The molecule has 5 heteroatoms. The summed E-state index contributed by atoms with van der Waals surface area (Å²) in [7, 11) is 0. The van der Waals surface area contributed by atoms with Crippen LogP contribution in [0, 0.1) is 6.92 Å². The quantitative estimate of drug-likeness (QED) is 0.785. The van der Waals surface area contributed by atoms with E-state index in [9.17, 15) is 9.59 Å². The molecule has 0 aliphatic heterocycles. The number of benzene rings is 1. The van der Waals surface area contributed by atoms with Crippen molar-refractivity contribution in [1.29, 1.82) is 0 Å². The summed E-state index contributed by atoms with van der Waals surface area (Å²) >= 11 is 0. The summed E-state index contributed by atoms with van der Waals surface area (Å²) in [5, 5.41) is 2.80. The summed E-state index contributed by atoms with van der Waals surface area (Å²) in [5.74, 6) is 0.269. The summed E-state index contributed by atoms with van der Waals surface area (Å²) in [5.41, 5.74) is 2.38. The number of carbonyl (C=O) groups excluding carboxylic acids is 2. The van der Waals surface area contributed by atoms with Gasteiger partial charge in [-0.1, -0.05) is 19.9 Å². The number of nitrogens with one attached hydrogen (secondary N) is 1. The zero-order chi connectivity index (χ0) is 17.0. The summed E-state index contributed by atoms with van der Waals surface area (Å²) in [6.07, 6.45) is 1.21. The number of amides is 1. The van der Waals surface area contributed by atoms with Gasteiger partial charge >= 0.3 is 5.97 Å². The minimum absolute atomic E-state index is 0.207. The van der Waals surface area contributed by atoms with Gasteiger partial charge in [0.1, 0.15) is 5.75 Å². The summed E-state index contributed by atoms with van der Waals surface area (Å²) in [6, 6.07) is 6.01. The van der Waals surface area contributed by atoms with Gasteiger partial charge in [-0.15, -0.1) is 0 Å². The first kappa shape index (κ1) is 17.3. The van der Waals surface area contributed by atoms with Gasteiger partial charge in [0, 0.05) is 6.04 Å². The molecule has 0 radical (unpaired) electrons. The third-order valence-electron chi connectivity index (χ3n) is 3.82. The molecule has 1 N–H and O–H groups in total. The largest absolute Gasteiger partial charge is 0.482 e. The molecule has 23 heavy (non-hydrogen) atoms. The van der Waals surface area contributed by atoms with Crippen molar-refractivity contribution in [1.82, 2.24) is 5.32 Å². The average Bonchev–Trinajstić information content (AvgIpc) is 3.28. The lowest BCUT2D eigenvalue weighted by Gasteiger charge is -2.14. The van der Waals surface area contributed by atoms with Gasteiger partial charge in [-0.3, -0.25) is 4.79 Å². The molecule has 1 saturated carbocycles. The van der Waals surface area contributed by atoms with Crippen LogP contribution in [-0.2, 0) is 14.3 Å². The lowest BCUT2D eigenvalue weighted by molar-refractivity contribution is -0.156. The molecule has 1 aliphatic rings. The van der Waals surface area contributed by atoms with Crippen LogP contribution in [0.2, 0.25) is 0 Å². The predicted octanol–water partition coefficient (Wildman–Crippen LogP) is 2.71. The zero-order valence-corrected chi connectivity index (χ0v) is 14.2. The highest BCUT2D eigenvalue weighted by molar-refractivity contribution is 5.84. The van der Waals surface area contributed by atoms with Crippen molar-refractivity contribution in [2.45, 2.75) is 58.6 Å². The number of carbonyl (C=O) groups is 2. The first-order valence-electron chi connectivity index (χ1n) is 8.10. The van der Waals surface area contributed by atoms with Gasteiger partial charge in [-0.25, -0.2) is 4.79 Å². The third-order valence-corrected chi connectivity index (χ3v) is 3.82. The molecule has 5 nitrogen and oxygen atoms in total. The molecule has 0 spiro atoms. The predicted molar refractivity (Wildman–Crippen MR) is 87.5 cm³/mol. The molecule has 126 valence electrons. The minimum Gasteiger partial charge on any atom is -0.482 e. The van der Waals surface area contributed by atoms with Gasteiger partial charge in [-0.05, 0) is 55.9 Å². The number of esters is 1. The van der Waals surface area contributed by atoms with Crippen LogP contribution in [0.5, 0.6) is 5.75 Å². The Kier molecular flexibility index (Phi) is 5.64. The second-order valence-electron chi connectivity index (χ2n) is 6.38. The van der Waals surface area contributed by atoms with Crippen molar-refractivity contribution < 1.29 is 19.1 Å². The molecule has 1 aliphatic carbocycles. The molecule has 1 aromatic rings. The molecule has 0 aromatic heterocycles. The number of rotatable bonds is 7. The molecule has 0 heterocycles. The van der Waals surface area contributed by atoms with Crippen LogP contribution in [0.15, 0.2) is 18.2 Å². The minimum atomic E-state index is -0.795. The SMILES string of the molecule is Cc1cc(OCC(=O)O[C@@H](C)C(=O)NC2CC2)ccc1C(C)C. The van der Waals surface area contributed by atoms with E-state index in [-0.39, 0.29) is 18.6 Å². The normalized spacial score (nSPS) is 15.2. The van der Waals surface area contributed by atoms with Gasteiger partial charge in [0.2, 0.25) is 0 Å². The van der Waals surface area contributed by atoms with Crippen LogP contribution < -0.4 is 10.1 Å². The molecule has 2 rings (SSSR count). The van der Waals surface area contributed by atoms with Gasteiger partial charge in [0.25, 0.3) is 5.91 Å². The Morgan fingerprint density at radius 2 is 1.96 bits per heavy atom. The van der Waals surface area contributed by atoms with E-state index in [1.54, 1.807) is 6.92 Å². The fraction of sp³-hybridized carbons (Fsp3) is 0.556. The highest BCUT2D eigenvalue weighted by atomic mass is 16.6. The second kappa shape index (κ2) is 7.49. The Morgan fingerprint density at radius 3 is 2.52 bits per heavy atom. The average molecular weight is 319 g/mol. The van der Waals surface area contributed by atoms with Crippen molar-refractivity contribution in [3.63, 3.8) is 0 Å². The molecule has 1 atom stereocenters. The first-order valence-corrected chi connectivity index (χ1v) is 8.10. The standard InChI is InChI=1S/C18H25NO4/c1-11(2)16-8-7-15(9-12(16)3)22-10-17(20)23-13(4)18(21)19-14-5-6-14/h7-9,11,13-14H,5-6,10H2,1-4H3,(H,19,21)/t13-/m0/s1. The van der Waals surface area contributed by atoms with E-state index in [0.717, 1.165) is 18.4 Å². The van der Waals surface area contributed by atoms with Crippen LogP contribution in [0.25, 0.3) is 0 Å². The number of ether oxygens (including phenoxy) is 2. The van der Waals surface area contributed by atoms with E-state index in [2.05, 4.69) is 19.2 Å². The van der Waals surface area contributed by atoms with Crippen molar-refractivity contribution in [3.8, 4) is 5.75 Å². The molecular weight excluding hydrogens is 294 g/mol. The monoisotopic (exact) mass is 319 g/mol. The fourth-order valence-corrected chi connectivity index (χ4v) is 2.36. The number of hydrogen-bond acceptors (Lipinski definition) is 4. The topological polar surface area (TPSA) is 64.6 Å². The Balaban J connectivity index is 1.79. The maximum absolute atomic E-state index is 11.8. The van der Waals surface area contributed by atoms with E-state index < -0.39 is 12.1 Å². The van der Waals surface area contributed by atoms with Crippen molar-refractivity contribution in [2.24, 2.45) is 0 Å². The zero-order valence-electron chi connectivity index (χ0n) is 14.2. The number of hydrogen-bond donors (Lipinski definition) is 1. The first-order chi connectivity index (χ1) is 10.9. The van der Waals surface area contributed by atoms with E-state index in [1.165, 1.54) is 5.56 Å². The van der Waals surface area contributed by atoms with Crippen molar-refractivity contribution >= 4 is 11.9 Å². The maximum Gasteiger partial charge on any atom is 0.344 e. The summed E-state index contributed by atoms with van der Waals surface area (Å²) in [6.45, 7) is 7.64.